The fourth-order valence-electron chi connectivity index (χ4n) is 4.40. The van der Waals surface area contributed by atoms with Gasteiger partial charge in [0.15, 0.2) is 12.7 Å². The van der Waals surface area contributed by atoms with Crippen molar-refractivity contribution in [2.45, 2.75) is 13.5 Å². The van der Waals surface area contributed by atoms with E-state index in [0.29, 0.717) is 0 Å². The molecule has 0 bridgehead atoms. The third-order valence-corrected chi connectivity index (χ3v) is 5.68. The maximum absolute atomic E-state index is 2.42. The summed E-state index contributed by atoms with van der Waals surface area (Å²) in [6.07, 6.45) is 4.49. The molecule has 2 nitrogen and oxygen atoms in total. The summed E-state index contributed by atoms with van der Waals surface area (Å²) in [5, 5.41) is 3.74. The summed E-state index contributed by atoms with van der Waals surface area (Å²) in [7, 11) is 0. The van der Waals surface area contributed by atoms with Crippen molar-refractivity contribution in [3.05, 3.63) is 102 Å². The molecule has 2 heteroatoms. The van der Waals surface area contributed by atoms with Crippen LogP contribution in [0.3, 0.4) is 0 Å². The number of quaternary nitrogens is 1. The number of rotatable bonds is 3. The van der Waals surface area contributed by atoms with Crippen LogP contribution in [0, 0.1) is 0 Å². The number of hydrogen-bond acceptors (Lipinski definition) is 0. The molecule has 0 saturated carbocycles. The molecule has 2 heterocycles. The summed E-state index contributed by atoms with van der Waals surface area (Å²) in [5.41, 5.74) is 9.17. The second-order valence-corrected chi connectivity index (χ2v) is 7.27. The van der Waals surface area contributed by atoms with Crippen molar-refractivity contribution >= 4 is 22.2 Å². The highest BCUT2D eigenvalue weighted by Gasteiger charge is 2.28. The van der Waals surface area contributed by atoms with Gasteiger partial charge in [-0.15, -0.1) is 0 Å². The summed E-state index contributed by atoms with van der Waals surface area (Å²) in [6.45, 7) is 4.25. The summed E-state index contributed by atoms with van der Waals surface area (Å²) in [4.78, 5) is 0. The van der Waals surface area contributed by atoms with Gasteiger partial charge in [-0.25, -0.2) is 0 Å². The highest BCUT2D eigenvalue weighted by Crippen LogP contribution is 2.35. The third-order valence-electron chi connectivity index (χ3n) is 5.68. The monoisotopic (exact) mass is 364 g/mol. The molecule has 2 N–H and O–H groups in total. The molecule has 5 rings (SSSR count). The Morgan fingerprint density at radius 1 is 0.893 bits per heavy atom. The van der Waals surface area contributed by atoms with E-state index in [1.54, 1.807) is 0 Å². The lowest BCUT2D eigenvalue weighted by molar-refractivity contribution is -0.733. The van der Waals surface area contributed by atoms with Gasteiger partial charge in [-0.05, 0) is 35.8 Å². The van der Waals surface area contributed by atoms with Crippen molar-refractivity contribution in [2.24, 2.45) is 0 Å². The lowest BCUT2D eigenvalue weighted by Gasteiger charge is -2.17. The van der Waals surface area contributed by atoms with Gasteiger partial charge in [0, 0.05) is 17.2 Å². The maximum Gasteiger partial charge on any atom is 0.275 e. The molecule has 0 unspecified atom stereocenters. The topological polar surface area (TPSA) is 20.5 Å². The van der Waals surface area contributed by atoms with E-state index < -0.39 is 0 Å². The third kappa shape index (κ3) is 2.74. The van der Waals surface area contributed by atoms with E-state index in [1.165, 1.54) is 44.4 Å². The molecule has 1 aliphatic heterocycles. The van der Waals surface area contributed by atoms with Gasteiger partial charge in [-0.3, -0.25) is 0 Å². The zero-order valence-corrected chi connectivity index (χ0v) is 16.1. The van der Waals surface area contributed by atoms with Gasteiger partial charge in [-0.2, -0.15) is 4.57 Å². The van der Waals surface area contributed by atoms with Crippen molar-refractivity contribution in [2.75, 3.05) is 6.54 Å². The minimum atomic E-state index is 1.04. The molecule has 28 heavy (non-hydrogen) atoms. The molecule has 1 aliphatic rings. The van der Waals surface area contributed by atoms with E-state index in [4.69, 9.17) is 0 Å². The van der Waals surface area contributed by atoms with E-state index >= 15 is 0 Å². The zero-order valence-electron chi connectivity index (χ0n) is 16.1. The average Bonchev–Trinajstić information content (AvgIpc) is 2.77. The SMILES string of the molecule is C/C=C(/c1ccccc1)c1ccc2c(-c3ccccc3)cc[n+]3c2c1[NH2+]CC3. The van der Waals surface area contributed by atoms with Crippen molar-refractivity contribution in [1.29, 1.82) is 0 Å². The van der Waals surface area contributed by atoms with Crippen LogP contribution in [0.2, 0.25) is 0 Å². The molecule has 0 spiro atoms. The number of aromatic nitrogens is 1. The van der Waals surface area contributed by atoms with Gasteiger partial charge in [0.25, 0.3) is 5.52 Å². The molecule has 136 valence electrons. The predicted molar refractivity (Wildman–Crippen MR) is 115 cm³/mol. The number of nitrogens with zero attached hydrogens (tertiary/aromatic N) is 1. The Hall–Kier alpha value is -3.23. The minimum absolute atomic E-state index is 1.04. The number of allylic oxidation sites excluding steroid dienone is 1. The quantitative estimate of drug-likeness (QED) is 0.409. The molecule has 3 aromatic carbocycles. The van der Waals surface area contributed by atoms with E-state index in [0.717, 1.165) is 13.1 Å². The highest BCUT2D eigenvalue weighted by atomic mass is 15.1. The Bertz CT molecular complexity index is 1180. The summed E-state index contributed by atoms with van der Waals surface area (Å²) >= 11 is 0. The standard InChI is InChI=1S/C26H23N2/c1-2-21(19-9-5-3-6-10-19)23-13-14-24-22(20-11-7-4-8-12-20)15-17-28-18-16-27-25(23)26(24)28/h2-15,17,27H,16,18H2,1H3/q+1/p+1/b21-2-. The Morgan fingerprint density at radius 3 is 2.39 bits per heavy atom. The molecule has 0 fully saturated rings. The molecule has 0 amide bonds. The molecular formula is C26H24N2+2. The molecule has 0 atom stereocenters. The second kappa shape index (κ2) is 7.06. The Labute approximate surface area is 165 Å². The normalized spacial score (nSPS) is 13.7. The highest BCUT2D eigenvalue weighted by molar-refractivity contribution is 6.01. The van der Waals surface area contributed by atoms with Crippen LogP contribution in [-0.2, 0) is 6.54 Å². The number of nitrogens with two attached hydrogens (primary N) is 1. The Kier molecular flexibility index (Phi) is 4.27. The lowest BCUT2D eigenvalue weighted by atomic mass is 9.92. The molecule has 0 aliphatic carbocycles. The second-order valence-electron chi connectivity index (χ2n) is 7.27. The molecule has 4 aromatic rings. The van der Waals surface area contributed by atoms with Gasteiger partial charge >= 0.3 is 0 Å². The van der Waals surface area contributed by atoms with Gasteiger partial charge in [-0.1, -0.05) is 66.7 Å². The first-order valence-corrected chi connectivity index (χ1v) is 9.97. The van der Waals surface area contributed by atoms with Crippen LogP contribution in [0.15, 0.2) is 91.1 Å². The van der Waals surface area contributed by atoms with Gasteiger partial charge in [0.05, 0.1) is 5.39 Å². The van der Waals surface area contributed by atoms with E-state index in [-0.39, 0.29) is 0 Å². The van der Waals surface area contributed by atoms with Crippen molar-refractivity contribution in [3.8, 4) is 11.1 Å². The van der Waals surface area contributed by atoms with Crippen LogP contribution >= 0.6 is 0 Å². The smallest absolute Gasteiger partial charge is 0.275 e. The summed E-state index contributed by atoms with van der Waals surface area (Å²) < 4.78 is 2.42. The number of pyridine rings is 1. The van der Waals surface area contributed by atoms with Crippen molar-refractivity contribution in [1.82, 2.24) is 0 Å². The zero-order chi connectivity index (χ0) is 18.9. The fraction of sp³-hybridized carbons (Fsp3) is 0.115. The fourth-order valence-corrected chi connectivity index (χ4v) is 4.40. The van der Waals surface area contributed by atoms with E-state index in [2.05, 4.69) is 108 Å². The van der Waals surface area contributed by atoms with Crippen LogP contribution in [-0.4, -0.2) is 6.54 Å². The predicted octanol–water partition coefficient (Wildman–Crippen LogP) is 4.45. The maximum atomic E-state index is 2.42. The summed E-state index contributed by atoms with van der Waals surface area (Å²) in [6, 6.07) is 28.3. The molecule has 0 radical (unpaired) electrons. The minimum Gasteiger partial charge on any atom is -0.302 e. The lowest BCUT2D eigenvalue weighted by Crippen LogP contribution is -2.83. The first-order chi connectivity index (χ1) is 13.9. The van der Waals surface area contributed by atoms with Gasteiger partial charge < -0.3 is 5.32 Å². The van der Waals surface area contributed by atoms with Crippen LogP contribution < -0.4 is 9.88 Å². The Morgan fingerprint density at radius 2 is 1.64 bits per heavy atom. The van der Waals surface area contributed by atoms with Crippen molar-refractivity contribution in [3.63, 3.8) is 0 Å². The first-order valence-electron chi connectivity index (χ1n) is 9.97. The van der Waals surface area contributed by atoms with Gasteiger partial charge in [0.2, 0.25) is 5.69 Å². The molecule has 1 aromatic heterocycles. The van der Waals surface area contributed by atoms with E-state index in [1.807, 2.05) is 0 Å². The van der Waals surface area contributed by atoms with Crippen molar-refractivity contribution < 1.29 is 9.88 Å². The largest absolute Gasteiger partial charge is 0.302 e. The molecule has 0 saturated heterocycles. The van der Waals surface area contributed by atoms with Crippen LogP contribution in [0.1, 0.15) is 18.1 Å². The number of benzene rings is 3. The average molecular weight is 364 g/mol. The number of hydrogen-bond donors (Lipinski definition) is 1. The van der Waals surface area contributed by atoms with Crippen LogP contribution in [0.4, 0.5) is 5.69 Å². The van der Waals surface area contributed by atoms with Crippen LogP contribution in [0.25, 0.3) is 27.6 Å². The summed E-state index contributed by atoms with van der Waals surface area (Å²) in [5.74, 6) is 0. The van der Waals surface area contributed by atoms with Gasteiger partial charge in [0.1, 0.15) is 6.54 Å². The molecular weight excluding hydrogens is 340 g/mol. The Balaban J connectivity index is 1.78. The van der Waals surface area contributed by atoms with E-state index in [9.17, 15) is 0 Å². The van der Waals surface area contributed by atoms with Crippen LogP contribution in [0.5, 0.6) is 0 Å². The first kappa shape index (κ1) is 16.9.